The Morgan fingerprint density at radius 1 is 1.17 bits per heavy atom. The molecule has 0 aromatic heterocycles. The summed E-state index contributed by atoms with van der Waals surface area (Å²) in [6, 6.07) is 0.764. The fourth-order valence-corrected chi connectivity index (χ4v) is 6.88. The molecule has 1 aromatic rings. The minimum atomic E-state index is -2.71. The number of phenols is 1. The lowest BCUT2D eigenvalue weighted by atomic mass is 9.54. The van der Waals surface area contributed by atoms with Gasteiger partial charge in [0.15, 0.2) is 11.4 Å². The van der Waals surface area contributed by atoms with E-state index in [-0.39, 0.29) is 48.1 Å². The highest BCUT2D eigenvalue weighted by Crippen LogP contribution is 2.53. The Morgan fingerprint density at radius 3 is 2.34 bits per heavy atom. The maximum absolute atomic E-state index is 14.0. The van der Waals surface area contributed by atoms with Gasteiger partial charge in [-0.05, 0) is 50.4 Å². The first kappa shape index (κ1) is 30.5. The number of phenolic OH excluding ortho intramolecular Hbond substituents is 1. The molecule has 2 fully saturated rings. The zero-order valence-electron chi connectivity index (χ0n) is 24.3. The minimum absolute atomic E-state index is 0.00939. The van der Waals surface area contributed by atoms with Gasteiger partial charge >= 0.3 is 0 Å². The predicted molar refractivity (Wildman–Crippen MR) is 150 cm³/mol. The van der Waals surface area contributed by atoms with Gasteiger partial charge in [0, 0.05) is 55.8 Å². The Bertz CT molecular complexity index is 1340. The van der Waals surface area contributed by atoms with Gasteiger partial charge in [-0.25, -0.2) is 0 Å². The molecule has 0 spiro atoms. The number of Topliss-reactive ketones (excluding diaryl/α,β-unsaturated/α-hetero) is 2. The molecule has 0 heterocycles. The van der Waals surface area contributed by atoms with Crippen LogP contribution in [0.2, 0.25) is 0 Å². The number of anilines is 1. The van der Waals surface area contributed by atoms with Crippen molar-refractivity contribution in [2.24, 2.45) is 29.4 Å². The van der Waals surface area contributed by atoms with E-state index in [4.69, 9.17) is 5.73 Å². The third-order valence-corrected chi connectivity index (χ3v) is 8.70. The summed E-state index contributed by atoms with van der Waals surface area (Å²) >= 11 is 0. The van der Waals surface area contributed by atoms with Crippen molar-refractivity contribution < 1.29 is 39.6 Å². The Hall–Kier alpha value is -3.48. The average Bonchev–Trinajstić information content (AvgIpc) is 2.84. The number of aliphatic hydroxyl groups is 3. The molecule has 2 amide bonds. The first-order valence-corrected chi connectivity index (χ1v) is 13.7. The first-order chi connectivity index (χ1) is 19.0. The molecule has 7 N–H and O–H groups in total. The van der Waals surface area contributed by atoms with Gasteiger partial charge in [0.2, 0.25) is 17.6 Å². The number of aromatic hydroxyl groups is 1. The largest absolute Gasteiger partial charge is 0.507 e. The monoisotopic (exact) mass is 572 g/mol. The number of amides is 2. The van der Waals surface area contributed by atoms with Crippen LogP contribution in [0.25, 0.3) is 5.76 Å². The van der Waals surface area contributed by atoms with E-state index < -0.39 is 58.7 Å². The zero-order valence-corrected chi connectivity index (χ0v) is 24.3. The van der Waals surface area contributed by atoms with Crippen LogP contribution in [-0.4, -0.2) is 94.6 Å². The number of primary amides is 1. The fourth-order valence-electron chi connectivity index (χ4n) is 6.88. The van der Waals surface area contributed by atoms with Crippen molar-refractivity contribution in [2.45, 2.75) is 57.4 Å². The van der Waals surface area contributed by atoms with E-state index >= 15 is 0 Å². The molecule has 224 valence electrons. The standard InChI is InChI=1S/C29H40N4O8/c1-12(2)7-18(34)31-11-14-10-17(32(3)4)15-8-13-9-16-22(33(5)6)25(37)21(28(30)40)27(39)29(16,41)26(38)19(13)24(36)20(15)23(14)35/h10,12-13,16,21-22,25,35-37,41H,7-9,11H2,1-6H3,(H2,30,40)(H,31,34)/t13-,16-,21?,22-,25?,29-/m1/s1. The maximum Gasteiger partial charge on any atom is 0.230 e. The number of benzene rings is 1. The highest BCUT2D eigenvalue weighted by atomic mass is 16.3. The Balaban J connectivity index is 1.86. The van der Waals surface area contributed by atoms with Gasteiger partial charge in [-0.3, -0.25) is 19.2 Å². The number of fused-ring (bicyclic) bond motifs is 3. The zero-order chi connectivity index (χ0) is 30.7. The van der Waals surface area contributed by atoms with Gasteiger partial charge < -0.3 is 41.3 Å². The maximum atomic E-state index is 14.0. The molecule has 2 unspecified atom stereocenters. The summed E-state index contributed by atoms with van der Waals surface area (Å²) in [7, 11) is 6.79. The molecular formula is C29H40N4O8. The molecule has 0 radical (unpaired) electrons. The van der Waals surface area contributed by atoms with Crippen LogP contribution in [0.4, 0.5) is 5.69 Å². The molecule has 6 atom stereocenters. The van der Waals surface area contributed by atoms with Gasteiger partial charge in [0.05, 0.1) is 11.7 Å². The quantitative estimate of drug-likeness (QED) is 0.239. The first-order valence-electron chi connectivity index (χ1n) is 13.7. The lowest BCUT2D eigenvalue weighted by molar-refractivity contribution is -0.184. The van der Waals surface area contributed by atoms with E-state index in [2.05, 4.69) is 5.32 Å². The molecule has 12 nitrogen and oxygen atoms in total. The summed E-state index contributed by atoms with van der Waals surface area (Å²) in [5, 5.41) is 48.4. The molecule has 0 bridgehead atoms. The summed E-state index contributed by atoms with van der Waals surface area (Å²) in [5.74, 6) is -7.97. The fraction of sp³-hybridized carbons (Fsp3) is 0.586. The molecule has 3 aliphatic carbocycles. The van der Waals surface area contributed by atoms with Crippen LogP contribution in [0, 0.1) is 23.7 Å². The van der Waals surface area contributed by atoms with E-state index in [0.717, 1.165) is 0 Å². The van der Waals surface area contributed by atoms with E-state index in [0.29, 0.717) is 23.2 Å². The predicted octanol–water partition coefficient (Wildman–Crippen LogP) is -0.143. The van der Waals surface area contributed by atoms with Crippen LogP contribution in [0.1, 0.15) is 43.4 Å². The third kappa shape index (κ3) is 4.77. The van der Waals surface area contributed by atoms with Crippen molar-refractivity contribution in [2.75, 3.05) is 33.1 Å². The number of nitrogens with one attached hydrogen (secondary N) is 1. The molecule has 12 heteroatoms. The number of carbonyl (C=O) groups excluding carboxylic acids is 4. The summed E-state index contributed by atoms with van der Waals surface area (Å²) in [4.78, 5) is 55.4. The van der Waals surface area contributed by atoms with Crippen molar-refractivity contribution in [1.29, 1.82) is 0 Å². The van der Waals surface area contributed by atoms with Crippen LogP contribution in [-0.2, 0) is 32.1 Å². The molecule has 0 saturated heterocycles. The summed E-state index contributed by atoms with van der Waals surface area (Å²) in [6.45, 7) is 3.79. The smallest absolute Gasteiger partial charge is 0.230 e. The second-order valence-corrected chi connectivity index (χ2v) is 12.3. The Labute approximate surface area is 238 Å². The summed E-state index contributed by atoms with van der Waals surface area (Å²) in [6.07, 6.45) is -1.02. The molecule has 0 aliphatic heterocycles. The molecule has 2 saturated carbocycles. The topological polar surface area (TPSA) is 194 Å². The average molecular weight is 573 g/mol. The van der Waals surface area contributed by atoms with Gasteiger partial charge in [-0.2, -0.15) is 0 Å². The molecule has 3 aliphatic rings. The van der Waals surface area contributed by atoms with Crippen molar-refractivity contribution in [1.82, 2.24) is 10.2 Å². The molecule has 4 rings (SSSR count). The van der Waals surface area contributed by atoms with E-state index in [1.807, 2.05) is 13.8 Å². The van der Waals surface area contributed by atoms with Crippen LogP contribution in [0.5, 0.6) is 5.75 Å². The second kappa shape index (κ2) is 10.7. The Kier molecular flexibility index (Phi) is 7.98. The van der Waals surface area contributed by atoms with Gasteiger partial charge in [-0.1, -0.05) is 13.8 Å². The molecular weight excluding hydrogens is 532 g/mol. The number of likely N-dealkylation sites (N-methyl/N-ethyl adjacent to an activating group) is 1. The van der Waals surface area contributed by atoms with Crippen molar-refractivity contribution >= 4 is 34.8 Å². The van der Waals surface area contributed by atoms with Gasteiger partial charge in [0.25, 0.3) is 0 Å². The lowest BCUT2D eigenvalue weighted by Crippen LogP contribution is -2.73. The SMILES string of the molecule is CC(C)CC(=O)NCc1cc(N(C)C)c2c(c1O)C(O)=C1C(=O)[C@@]3(O)C(=O)C(C(N)=O)C(O)[C@H](N(C)C)[C@H]3C[C@H]1C2. The van der Waals surface area contributed by atoms with Crippen LogP contribution in [0.15, 0.2) is 11.6 Å². The number of aliphatic hydroxyl groups excluding tert-OH is 2. The summed E-state index contributed by atoms with van der Waals surface area (Å²) < 4.78 is 0. The number of hydrogen-bond donors (Lipinski definition) is 6. The molecule has 41 heavy (non-hydrogen) atoms. The number of hydrogen-bond acceptors (Lipinski definition) is 10. The van der Waals surface area contributed by atoms with Crippen molar-refractivity contribution in [3.05, 3.63) is 28.3 Å². The van der Waals surface area contributed by atoms with Crippen LogP contribution in [0.3, 0.4) is 0 Å². The third-order valence-electron chi connectivity index (χ3n) is 8.70. The van der Waals surface area contributed by atoms with E-state index in [1.165, 1.54) is 0 Å². The van der Waals surface area contributed by atoms with Crippen molar-refractivity contribution in [3.63, 3.8) is 0 Å². The highest BCUT2D eigenvalue weighted by Gasteiger charge is 2.67. The van der Waals surface area contributed by atoms with E-state index in [9.17, 15) is 39.6 Å². The minimum Gasteiger partial charge on any atom is -0.507 e. The summed E-state index contributed by atoms with van der Waals surface area (Å²) in [5.41, 5.74) is 4.01. The Morgan fingerprint density at radius 2 is 1.80 bits per heavy atom. The second-order valence-electron chi connectivity index (χ2n) is 12.3. The van der Waals surface area contributed by atoms with Crippen LogP contribution >= 0.6 is 0 Å². The van der Waals surface area contributed by atoms with Gasteiger partial charge in [-0.15, -0.1) is 0 Å². The number of nitrogens with two attached hydrogens (primary N) is 1. The number of carbonyl (C=O) groups is 4. The van der Waals surface area contributed by atoms with Gasteiger partial charge in [0.1, 0.15) is 17.4 Å². The van der Waals surface area contributed by atoms with Crippen LogP contribution < -0.4 is 16.0 Å². The van der Waals surface area contributed by atoms with E-state index in [1.54, 1.807) is 44.1 Å². The number of nitrogens with zero attached hydrogens (tertiary/aromatic N) is 2. The highest BCUT2D eigenvalue weighted by molar-refractivity contribution is 6.25. The molecule has 1 aromatic carbocycles. The lowest BCUT2D eigenvalue weighted by Gasteiger charge is -2.53. The number of ketones is 2. The normalized spacial score (nSPS) is 29.3. The number of rotatable bonds is 7. The van der Waals surface area contributed by atoms with Crippen molar-refractivity contribution in [3.8, 4) is 5.75 Å².